The van der Waals surface area contributed by atoms with Gasteiger partial charge in [0.05, 0.1) is 31.8 Å². The Balaban J connectivity index is 1.25. The first kappa shape index (κ1) is 109. The number of nitrogens with zero attached hydrogens (tertiary/aromatic N) is 4. The molecule has 0 aromatic heterocycles. The second-order valence-electron chi connectivity index (χ2n) is 39.8. The third-order valence-corrected chi connectivity index (χ3v) is 21.2. The SMILES string of the molecule is CC(C)COC(=O)CC[C@H](NC(=O)N[C@@H](CCCCNC(=O)CCCCCCCNC(=O)[C@@H](Cc1ccccc1)NC(=O)[C@@H](Cc1ccccc1)NC(=O)CCCC(=O)NC12CNCCNCC(C)(CN(C(=O)OC(C)(C)C)CCN(C(=O)OC(C)(C)C)C1)CN(C(=O)OC(C)(C)C)CCN(C(=O)OC(C)(C)C)C2)C(=O)OC1CCCCCCCC1)C(=O)OCC(C)C. The highest BCUT2D eigenvalue weighted by molar-refractivity contribution is 5.93. The molecule has 0 spiro atoms. The van der Waals surface area contributed by atoms with E-state index in [2.05, 4.69) is 47.9 Å². The van der Waals surface area contributed by atoms with Gasteiger partial charge in [0.15, 0.2) is 0 Å². The third kappa shape index (κ3) is 46.1. The predicted octanol–water partition coefficient (Wildman–Crippen LogP) is 11.6. The van der Waals surface area contributed by atoms with E-state index < -0.39 is 129 Å². The van der Waals surface area contributed by atoms with Crippen LogP contribution in [0.2, 0.25) is 0 Å². The van der Waals surface area contributed by atoms with Gasteiger partial charge in [-0.15, -0.1) is 0 Å². The Hall–Kier alpha value is -9.53. The van der Waals surface area contributed by atoms with Gasteiger partial charge in [-0.2, -0.15) is 0 Å². The normalized spacial score (nSPS) is 18.4. The zero-order chi connectivity index (χ0) is 94.7. The first-order valence-corrected chi connectivity index (χ1v) is 46.7. The minimum atomic E-state index is -1.59. The molecule has 33 nitrogen and oxygen atoms in total. The number of rotatable bonds is 38. The van der Waals surface area contributed by atoms with Crippen LogP contribution in [0.1, 0.15) is 270 Å². The molecule has 3 saturated heterocycles. The lowest BCUT2D eigenvalue weighted by Gasteiger charge is -2.45. The molecule has 3 aliphatic heterocycles. The van der Waals surface area contributed by atoms with Crippen LogP contribution in [-0.2, 0) is 84.4 Å². The highest BCUT2D eigenvalue weighted by atomic mass is 16.6. The van der Waals surface area contributed by atoms with Gasteiger partial charge >= 0.3 is 48.3 Å². The summed E-state index contributed by atoms with van der Waals surface area (Å²) in [6.07, 6.45) is 8.77. The van der Waals surface area contributed by atoms with Crippen molar-refractivity contribution in [1.82, 2.24) is 67.5 Å². The Morgan fingerprint density at radius 3 is 1.34 bits per heavy atom. The molecule has 4 aliphatic rings. The summed E-state index contributed by atoms with van der Waals surface area (Å²) in [6, 6.07) is 13.0. The summed E-state index contributed by atoms with van der Waals surface area (Å²) in [7, 11) is 0. The molecule has 2 bridgehead atoms. The number of hydrogen-bond donors (Lipinski definition) is 9. The van der Waals surface area contributed by atoms with Gasteiger partial charge in [-0.3, -0.25) is 28.8 Å². The van der Waals surface area contributed by atoms with Crippen LogP contribution in [0.3, 0.4) is 0 Å². The number of carbonyl (C=O) groups excluding carboxylic acids is 13. The van der Waals surface area contributed by atoms with Crippen molar-refractivity contribution < 1.29 is 95.5 Å². The molecule has 2 aromatic carbocycles. The van der Waals surface area contributed by atoms with Crippen LogP contribution >= 0.6 is 0 Å². The summed E-state index contributed by atoms with van der Waals surface area (Å²) >= 11 is 0. The number of amides is 11. The molecular formula is C95H157N13O20. The van der Waals surface area contributed by atoms with Crippen molar-refractivity contribution in [1.29, 1.82) is 0 Å². The van der Waals surface area contributed by atoms with Crippen LogP contribution in [0.4, 0.5) is 24.0 Å². The van der Waals surface area contributed by atoms with Crippen LogP contribution in [0.25, 0.3) is 0 Å². The lowest BCUT2D eigenvalue weighted by atomic mass is 9.88. The first-order chi connectivity index (χ1) is 60.2. The summed E-state index contributed by atoms with van der Waals surface area (Å²) in [5.41, 5.74) is -4.88. The first-order valence-electron chi connectivity index (χ1n) is 46.7. The lowest BCUT2D eigenvalue weighted by Crippen LogP contribution is -2.68. The van der Waals surface area contributed by atoms with Crippen LogP contribution in [0.15, 0.2) is 60.7 Å². The monoisotopic (exact) mass is 1800 g/mol. The molecule has 1 aliphatic carbocycles. The highest BCUT2D eigenvalue weighted by Crippen LogP contribution is 2.28. The Morgan fingerprint density at radius 1 is 0.422 bits per heavy atom. The molecule has 1 saturated carbocycles. The summed E-state index contributed by atoms with van der Waals surface area (Å²) in [4.78, 5) is 189. The van der Waals surface area contributed by atoms with E-state index in [1.54, 1.807) is 83.1 Å². The molecule has 6 rings (SSSR count). The maximum absolute atomic E-state index is 15.0. The van der Waals surface area contributed by atoms with Crippen molar-refractivity contribution >= 4 is 77.8 Å². The van der Waals surface area contributed by atoms with Crippen molar-refractivity contribution in [2.24, 2.45) is 17.3 Å². The van der Waals surface area contributed by atoms with Crippen LogP contribution in [0.5, 0.6) is 0 Å². The standard InChI is InChI=1S/C95H157N13O20/c1-68(2)60-122-80(112)49-48-74(83(115)123-61-69(3)4)103-85(117)102-73(84(116)124-72-42-31-21-18-19-22-32-43-72)44-34-36-50-98-77(109)45-33-23-20-24-35-51-99-81(113)75(58-70-38-27-25-28-39-70)101-82(114)76(59-71-40-29-26-30-41-71)100-78(110)46-37-47-79(111)104-95-63-97-53-52-96-62-94(17,64-105(86(118)125-90(5,6)7)54-56-107(66-95)88(120)127-92(11,12)13)65-106(87(119)126-91(8,9)10)55-57-108(67-95)89(121)128-93(14,15)16/h25-30,38-41,68-69,72-76,96-97H,18-24,31-37,42-67H2,1-17H3,(H,98,109)(H,99,113)(H,100,110)(H,101,114)(H,104,111)(H2,102,103,117)/t73-,74-,75+,76+,94?,95?/m0/s1. The highest BCUT2D eigenvalue weighted by Gasteiger charge is 2.44. The smallest absolute Gasteiger partial charge is 0.410 e. The number of fused-ring (bicyclic) bond motifs is 15. The number of ether oxygens (including phenoxy) is 7. The van der Waals surface area contributed by atoms with Gasteiger partial charge in [-0.25, -0.2) is 33.6 Å². The summed E-state index contributed by atoms with van der Waals surface area (Å²) in [5, 5.41) is 27.4. The van der Waals surface area contributed by atoms with Gasteiger partial charge in [0.1, 0.15) is 52.7 Å². The van der Waals surface area contributed by atoms with E-state index in [4.69, 9.17) is 33.2 Å². The molecule has 33 heteroatoms. The molecule has 4 atom stereocenters. The second-order valence-corrected chi connectivity index (χ2v) is 39.8. The molecule has 11 amide bonds. The minimum absolute atomic E-state index is 0.0189. The maximum atomic E-state index is 15.0. The molecule has 0 radical (unpaired) electrons. The Morgan fingerprint density at radius 2 is 0.844 bits per heavy atom. The number of nitrogens with one attached hydrogen (secondary N) is 9. The Kier molecular flexibility index (Phi) is 46.7. The fourth-order valence-corrected chi connectivity index (χ4v) is 15.0. The lowest BCUT2D eigenvalue weighted by molar-refractivity contribution is -0.152. The van der Waals surface area contributed by atoms with Crippen LogP contribution in [-0.4, -0.2) is 261 Å². The average molecular weight is 1800 g/mol. The topological polar surface area (TPSA) is 408 Å². The number of carbonyl (C=O) groups is 13. The number of unbranched alkanes of at least 4 members (excludes halogenated alkanes) is 5. The molecule has 2 aromatic rings. The van der Waals surface area contributed by atoms with Crippen LogP contribution < -0.4 is 47.9 Å². The van der Waals surface area contributed by atoms with E-state index in [9.17, 15) is 57.5 Å². The zero-order valence-electron chi connectivity index (χ0n) is 80.1. The number of esters is 3. The van der Waals surface area contributed by atoms with E-state index in [0.29, 0.717) is 51.9 Å². The van der Waals surface area contributed by atoms with Gasteiger partial charge < -0.3 is 101 Å². The summed E-state index contributed by atoms with van der Waals surface area (Å²) in [5.74, 6) is -3.99. The molecule has 722 valence electrons. The summed E-state index contributed by atoms with van der Waals surface area (Å²) < 4.78 is 41.0. The van der Waals surface area contributed by atoms with Gasteiger partial charge in [0, 0.05) is 122 Å². The Labute approximate surface area is 761 Å². The number of hydrogen-bond acceptors (Lipinski definition) is 22. The fourth-order valence-electron chi connectivity index (χ4n) is 15.0. The Bertz CT molecular complexity index is 3700. The van der Waals surface area contributed by atoms with Crippen LogP contribution in [0, 0.1) is 17.3 Å². The van der Waals surface area contributed by atoms with E-state index in [-0.39, 0.29) is 160 Å². The van der Waals surface area contributed by atoms with E-state index in [1.165, 1.54) is 19.6 Å². The van der Waals surface area contributed by atoms with E-state index in [0.717, 1.165) is 81.8 Å². The fraction of sp³-hybridized carbons (Fsp3) is 0.737. The zero-order valence-corrected chi connectivity index (χ0v) is 80.1. The predicted molar refractivity (Wildman–Crippen MR) is 488 cm³/mol. The van der Waals surface area contributed by atoms with Gasteiger partial charge in [-0.1, -0.05) is 140 Å². The van der Waals surface area contributed by atoms with Gasteiger partial charge in [0.25, 0.3) is 0 Å². The third-order valence-electron chi connectivity index (χ3n) is 21.2. The molecule has 128 heavy (non-hydrogen) atoms. The second kappa shape index (κ2) is 54.8. The minimum Gasteiger partial charge on any atom is -0.465 e. The van der Waals surface area contributed by atoms with Crippen molar-refractivity contribution in [3.8, 4) is 0 Å². The molecule has 9 N–H and O–H groups in total. The largest absolute Gasteiger partial charge is 0.465 e. The van der Waals surface area contributed by atoms with Crippen molar-refractivity contribution in [2.45, 2.75) is 330 Å². The molecule has 0 unspecified atom stereocenters. The van der Waals surface area contributed by atoms with E-state index >= 15 is 4.79 Å². The van der Waals surface area contributed by atoms with Crippen molar-refractivity contribution in [3.63, 3.8) is 0 Å². The summed E-state index contributed by atoms with van der Waals surface area (Å²) in [6.45, 7) is 31.1. The van der Waals surface area contributed by atoms with Crippen molar-refractivity contribution in [2.75, 3.05) is 105 Å². The maximum Gasteiger partial charge on any atom is 0.410 e. The molecule has 3 heterocycles. The van der Waals surface area contributed by atoms with Gasteiger partial charge in [-0.05, 0) is 177 Å². The molecule has 4 fully saturated rings. The quantitative estimate of drug-likeness (QED) is 0.0171. The average Bonchev–Trinajstić information content (AvgIpc) is 0.803. The van der Waals surface area contributed by atoms with E-state index in [1.807, 2.05) is 95.3 Å². The van der Waals surface area contributed by atoms with Crippen molar-refractivity contribution in [3.05, 3.63) is 71.8 Å². The number of benzene rings is 2. The van der Waals surface area contributed by atoms with Gasteiger partial charge in [0.2, 0.25) is 29.5 Å². The number of urea groups is 1. The molecular weight excluding hydrogens is 1640 g/mol.